The van der Waals surface area contributed by atoms with E-state index in [2.05, 4.69) is 42.4 Å². The van der Waals surface area contributed by atoms with E-state index in [-0.39, 0.29) is 0 Å². The van der Waals surface area contributed by atoms with Gasteiger partial charge in [-0.05, 0) is 36.9 Å². The van der Waals surface area contributed by atoms with Gasteiger partial charge in [0.05, 0.1) is 6.20 Å². The lowest BCUT2D eigenvalue weighted by Crippen LogP contribution is -2.24. The molecule has 0 radical (unpaired) electrons. The van der Waals surface area contributed by atoms with Crippen molar-refractivity contribution >= 4 is 0 Å². The fourth-order valence-corrected chi connectivity index (χ4v) is 2.18. The highest BCUT2D eigenvalue weighted by molar-refractivity contribution is 5.11. The smallest absolute Gasteiger partial charge is 0.0544 e. The van der Waals surface area contributed by atoms with Gasteiger partial charge in [-0.3, -0.25) is 0 Å². The highest BCUT2D eigenvalue weighted by atomic mass is 15.1. The van der Waals surface area contributed by atoms with Crippen LogP contribution in [0.4, 0.5) is 0 Å². The Morgan fingerprint density at radius 1 is 1.24 bits per heavy atom. The average molecular weight is 235 g/mol. The van der Waals surface area contributed by atoms with Crippen molar-refractivity contribution in [2.45, 2.75) is 52.5 Å². The van der Waals surface area contributed by atoms with Gasteiger partial charge >= 0.3 is 0 Å². The molecule has 3 heteroatoms. The second kappa shape index (κ2) is 8.18. The lowest BCUT2D eigenvalue weighted by Gasteiger charge is -2.22. The second-order valence-corrected chi connectivity index (χ2v) is 4.81. The molecule has 0 fully saturated rings. The van der Waals surface area contributed by atoms with Crippen LogP contribution < -0.4 is 5.32 Å². The molecule has 0 aromatic carbocycles. The highest BCUT2D eigenvalue weighted by Crippen LogP contribution is 2.23. The SMILES string of the molecule is CCCNC(CC(C)CCC)c1ccnnc1. The Morgan fingerprint density at radius 3 is 2.65 bits per heavy atom. The van der Waals surface area contributed by atoms with Gasteiger partial charge in [-0.25, -0.2) is 0 Å². The van der Waals surface area contributed by atoms with Crippen LogP contribution in [0.1, 0.15) is 58.1 Å². The van der Waals surface area contributed by atoms with E-state index in [0.29, 0.717) is 6.04 Å². The van der Waals surface area contributed by atoms with Gasteiger partial charge in [-0.15, -0.1) is 0 Å². The summed E-state index contributed by atoms with van der Waals surface area (Å²) in [6.07, 6.45) is 8.56. The van der Waals surface area contributed by atoms with Gasteiger partial charge < -0.3 is 5.32 Å². The van der Waals surface area contributed by atoms with Crippen molar-refractivity contribution in [2.75, 3.05) is 6.54 Å². The van der Waals surface area contributed by atoms with Gasteiger partial charge in [0, 0.05) is 12.2 Å². The molecule has 2 atom stereocenters. The molecule has 1 heterocycles. The van der Waals surface area contributed by atoms with E-state index in [1.807, 2.05) is 6.20 Å². The molecule has 1 aromatic heterocycles. The third kappa shape index (κ3) is 5.26. The van der Waals surface area contributed by atoms with Crippen molar-refractivity contribution in [1.29, 1.82) is 0 Å². The van der Waals surface area contributed by atoms with Crippen LogP contribution in [0.5, 0.6) is 0 Å². The number of nitrogens with one attached hydrogen (secondary N) is 1. The molecule has 0 aliphatic rings. The fourth-order valence-electron chi connectivity index (χ4n) is 2.18. The minimum atomic E-state index is 0.423. The van der Waals surface area contributed by atoms with E-state index < -0.39 is 0 Å². The van der Waals surface area contributed by atoms with E-state index in [1.165, 1.54) is 24.8 Å². The third-order valence-electron chi connectivity index (χ3n) is 3.07. The first-order valence-electron chi connectivity index (χ1n) is 6.77. The average Bonchev–Trinajstić information content (AvgIpc) is 2.36. The summed E-state index contributed by atoms with van der Waals surface area (Å²) in [6, 6.07) is 2.49. The van der Waals surface area contributed by atoms with Crippen molar-refractivity contribution in [3.63, 3.8) is 0 Å². The molecule has 0 saturated carbocycles. The monoisotopic (exact) mass is 235 g/mol. The van der Waals surface area contributed by atoms with Crippen molar-refractivity contribution in [1.82, 2.24) is 15.5 Å². The van der Waals surface area contributed by atoms with Gasteiger partial charge in [0.1, 0.15) is 0 Å². The Hall–Kier alpha value is -0.960. The zero-order valence-electron chi connectivity index (χ0n) is 11.3. The van der Waals surface area contributed by atoms with Crippen LogP contribution >= 0.6 is 0 Å². The predicted octanol–water partition coefficient (Wildman–Crippen LogP) is 3.34. The largest absolute Gasteiger partial charge is 0.310 e. The molecule has 17 heavy (non-hydrogen) atoms. The molecule has 0 bridgehead atoms. The topological polar surface area (TPSA) is 37.8 Å². The van der Waals surface area contributed by atoms with E-state index in [1.54, 1.807) is 6.20 Å². The van der Waals surface area contributed by atoms with Crippen molar-refractivity contribution in [2.24, 2.45) is 5.92 Å². The third-order valence-corrected chi connectivity index (χ3v) is 3.07. The van der Waals surface area contributed by atoms with Crippen LogP contribution in [0.25, 0.3) is 0 Å². The van der Waals surface area contributed by atoms with E-state index >= 15 is 0 Å². The normalized spacial score (nSPS) is 14.5. The van der Waals surface area contributed by atoms with Crippen molar-refractivity contribution in [3.05, 3.63) is 24.0 Å². The second-order valence-electron chi connectivity index (χ2n) is 4.81. The summed E-state index contributed by atoms with van der Waals surface area (Å²) in [7, 11) is 0. The van der Waals surface area contributed by atoms with Gasteiger partial charge in [0.15, 0.2) is 0 Å². The molecular weight excluding hydrogens is 210 g/mol. The summed E-state index contributed by atoms with van der Waals surface area (Å²) < 4.78 is 0. The van der Waals surface area contributed by atoms with Crippen LogP contribution in [0.15, 0.2) is 18.5 Å². The van der Waals surface area contributed by atoms with Gasteiger partial charge in [-0.1, -0.05) is 33.6 Å². The van der Waals surface area contributed by atoms with Gasteiger partial charge in [0.2, 0.25) is 0 Å². The lowest BCUT2D eigenvalue weighted by atomic mass is 9.94. The summed E-state index contributed by atoms with van der Waals surface area (Å²) in [5.74, 6) is 0.752. The maximum absolute atomic E-state index is 3.98. The summed E-state index contributed by atoms with van der Waals surface area (Å²) in [4.78, 5) is 0. The van der Waals surface area contributed by atoms with Crippen molar-refractivity contribution < 1.29 is 0 Å². The quantitative estimate of drug-likeness (QED) is 0.751. The number of nitrogens with zero attached hydrogens (tertiary/aromatic N) is 2. The Morgan fingerprint density at radius 2 is 2.06 bits per heavy atom. The van der Waals surface area contributed by atoms with Crippen LogP contribution in [-0.2, 0) is 0 Å². The minimum absolute atomic E-state index is 0.423. The number of aromatic nitrogens is 2. The molecule has 0 amide bonds. The van der Waals surface area contributed by atoms with Crippen LogP contribution in [-0.4, -0.2) is 16.7 Å². The number of rotatable bonds is 8. The first-order chi connectivity index (χ1) is 8.27. The van der Waals surface area contributed by atoms with Crippen LogP contribution in [0.3, 0.4) is 0 Å². The molecule has 0 spiro atoms. The lowest BCUT2D eigenvalue weighted by molar-refractivity contribution is 0.389. The molecule has 0 aliphatic carbocycles. The summed E-state index contributed by atoms with van der Waals surface area (Å²) in [6.45, 7) is 7.84. The first-order valence-corrected chi connectivity index (χ1v) is 6.77. The molecule has 1 aromatic rings. The fraction of sp³-hybridized carbons (Fsp3) is 0.714. The molecule has 0 aliphatic heterocycles. The zero-order chi connectivity index (χ0) is 12.5. The molecular formula is C14H25N3. The summed E-state index contributed by atoms with van der Waals surface area (Å²) in [5.41, 5.74) is 1.26. The maximum Gasteiger partial charge on any atom is 0.0544 e. The molecule has 0 saturated heterocycles. The van der Waals surface area contributed by atoms with Gasteiger partial charge in [-0.2, -0.15) is 10.2 Å². The van der Waals surface area contributed by atoms with Crippen LogP contribution in [0, 0.1) is 5.92 Å². The highest BCUT2D eigenvalue weighted by Gasteiger charge is 2.14. The standard InChI is InChI=1S/C14H25N3/c1-4-6-12(3)10-14(15-8-5-2)13-7-9-16-17-11-13/h7,9,11-12,14-15H,4-6,8,10H2,1-3H3. The van der Waals surface area contributed by atoms with E-state index in [4.69, 9.17) is 0 Å². The molecule has 1 rings (SSSR count). The number of hydrogen-bond donors (Lipinski definition) is 1. The molecule has 2 unspecified atom stereocenters. The predicted molar refractivity (Wildman–Crippen MR) is 71.8 cm³/mol. The van der Waals surface area contributed by atoms with E-state index in [9.17, 15) is 0 Å². The Balaban J connectivity index is 2.60. The van der Waals surface area contributed by atoms with Crippen LogP contribution in [0.2, 0.25) is 0 Å². The molecule has 1 N–H and O–H groups in total. The molecule has 3 nitrogen and oxygen atoms in total. The zero-order valence-corrected chi connectivity index (χ0v) is 11.3. The van der Waals surface area contributed by atoms with E-state index in [0.717, 1.165) is 18.9 Å². The minimum Gasteiger partial charge on any atom is -0.310 e. The Kier molecular flexibility index (Phi) is 6.78. The summed E-state index contributed by atoms with van der Waals surface area (Å²) in [5, 5.41) is 11.4. The Labute approximate surface area is 105 Å². The Bertz CT molecular complexity index is 287. The first kappa shape index (κ1) is 14.1. The van der Waals surface area contributed by atoms with Gasteiger partial charge in [0.25, 0.3) is 0 Å². The maximum atomic E-state index is 3.98. The summed E-state index contributed by atoms with van der Waals surface area (Å²) >= 11 is 0. The van der Waals surface area contributed by atoms with Crippen molar-refractivity contribution in [3.8, 4) is 0 Å². The molecule has 96 valence electrons. The number of hydrogen-bond acceptors (Lipinski definition) is 3.